The summed E-state index contributed by atoms with van der Waals surface area (Å²) < 4.78 is 33.2. The van der Waals surface area contributed by atoms with Crippen molar-refractivity contribution in [1.82, 2.24) is 10.1 Å². The molecule has 0 aliphatic rings. The molecule has 0 spiro atoms. The first kappa shape index (κ1) is 26.9. The molecule has 192 valence electrons. The number of hydrogen-bond acceptors (Lipinski definition) is 5. The number of para-hydroxylation sites is 1. The van der Waals surface area contributed by atoms with Crippen molar-refractivity contribution in [3.8, 4) is 17.3 Å². The largest absolute Gasteiger partial charge is 0.356 e. The standard InChI is InChI=1S/C28H31FN4O2SSi/c1-28(2,36(31)34)16-18(14-23-26(29)25(37(3,4)5)15-19(17-30)32-23)20-10-6-7-11-21(20)27-22-12-8-9-13-24(22)35-33-27/h6-13,15,18H,14,16,31H2,1-5H3/t18-,36?/m0/s1. The molecule has 0 radical (unpaired) electrons. The molecule has 0 bridgehead atoms. The van der Waals surface area contributed by atoms with Crippen molar-refractivity contribution in [1.29, 1.82) is 5.26 Å². The molecule has 4 aromatic rings. The number of nitrogens with zero attached hydrogens (tertiary/aromatic N) is 3. The summed E-state index contributed by atoms with van der Waals surface area (Å²) in [4.78, 5) is 4.39. The normalized spacial score (nSPS) is 13.9. The summed E-state index contributed by atoms with van der Waals surface area (Å²) in [5.41, 5.74) is 3.53. The number of nitrogens with two attached hydrogens (primary N) is 1. The zero-order valence-electron chi connectivity index (χ0n) is 21.7. The van der Waals surface area contributed by atoms with Gasteiger partial charge in [0.1, 0.15) is 23.3 Å². The molecule has 0 saturated carbocycles. The fourth-order valence-corrected chi connectivity index (χ4v) is 6.41. The van der Waals surface area contributed by atoms with E-state index >= 15 is 4.39 Å². The number of fused-ring (bicyclic) bond motifs is 1. The lowest BCUT2D eigenvalue weighted by Gasteiger charge is -2.29. The molecule has 0 fully saturated rings. The highest BCUT2D eigenvalue weighted by molar-refractivity contribution is 7.84. The Balaban J connectivity index is 1.90. The van der Waals surface area contributed by atoms with Crippen molar-refractivity contribution < 1.29 is 13.1 Å². The number of halogens is 1. The molecule has 0 amide bonds. The third-order valence-electron chi connectivity index (χ3n) is 6.70. The molecule has 4 rings (SSSR count). The van der Waals surface area contributed by atoms with Gasteiger partial charge in [-0.3, -0.25) is 5.14 Å². The highest BCUT2D eigenvalue weighted by Gasteiger charge is 2.33. The third kappa shape index (κ3) is 5.56. The van der Waals surface area contributed by atoms with Crippen LogP contribution < -0.4 is 10.3 Å². The molecule has 6 nitrogen and oxygen atoms in total. The Bertz CT molecular complexity index is 1520. The molecular formula is C28H31FN4O2SSi. The predicted octanol–water partition coefficient (Wildman–Crippen LogP) is 5.56. The third-order valence-corrected chi connectivity index (χ3v) is 9.94. The molecular weight excluding hydrogens is 503 g/mol. The van der Waals surface area contributed by atoms with Gasteiger partial charge in [-0.2, -0.15) is 5.26 Å². The van der Waals surface area contributed by atoms with E-state index in [-0.39, 0.29) is 29.5 Å². The highest BCUT2D eigenvalue weighted by atomic mass is 32.2. The van der Waals surface area contributed by atoms with Gasteiger partial charge in [-0.15, -0.1) is 0 Å². The van der Waals surface area contributed by atoms with Gasteiger partial charge in [-0.1, -0.05) is 61.2 Å². The van der Waals surface area contributed by atoms with Gasteiger partial charge in [0, 0.05) is 10.9 Å². The maximum absolute atomic E-state index is 15.9. The van der Waals surface area contributed by atoms with Gasteiger partial charge >= 0.3 is 0 Å². The van der Waals surface area contributed by atoms with Gasteiger partial charge in [0.15, 0.2) is 5.58 Å². The van der Waals surface area contributed by atoms with Crippen LogP contribution >= 0.6 is 0 Å². The predicted molar refractivity (Wildman–Crippen MR) is 149 cm³/mol. The van der Waals surface area contributed by atoms with Crippen LogP contribution in [0.1, 0.15) is 43.1 Å². The Morgan fingerprint density at radius 1 is 1.16 bits per heavy atom. The van der Waals surface area contributed by atoms with Crippen LogP contribution in [0.3, 0.4) is 0 Å². The van der Waals surface area contributed by atoms with Crippen molar-refractivity contribution in [2.45, 2.75) is 57.0 Å². The Hall–Kier alpha value is -3.19. The minimum atomic E-state index is -2.09. The van der Waals surface area contributed by atoms with E-state index in [0.29, 0.717) is 22.9 Å². The number of nitriles is 1. The van der Waals surface area contributed by atoms with Gasteiger partial charge in [-0.05, 0) is 61.6 Å². The lowest BCUT2D eigenvalue weighted by atomic mass is 9.82. The average molecular weight is 535 g/mol. The van der Waals surface area contributed by atoms with E-state index in [1.54, 1.807) is 6.07 Å². The minimum absolute atomic E-state index is 0.199. The smallest absolute Gasteiger partial charge is 0.167 e. The molecule has 2 heterocycles. The van der Waals surface area contributed by atoms with E-state index in [4.69, 9.17) is 9.66 Å². The molecule has 2 aromatic carbocycles. The highest BCUT2D eigenvalue weighted by Crippen LogP contribution is 2.39. The second kappa shape index (κ2) is 10.3. The van der Waals surface area contributed by atoms with Gasteiger partial charge < -0.3 is 4.52 Å². The Morgan fingerprint density at radius 2 is 1.84 bits per heavy atom. The van der Waals surface area contributed by atoms with Crippen LogP contribution in [-0.2, 0) is 17.4 Å². The van der Waals surface area contributed by atoms with Crippen molar-refractivity contribution >= 4 is 35.2 Å². The second-order valence-corrected chi connectivity index (χ2v) is 17.7. The number of rotatable bonds is 8. The quantitative estimate of drug-likeness (QED) is 0.298. The molecule has 0 saturated heterocycles. The Morgan fingerprint density at radius 3 is 2.51 bits per heavy atom. The van der Waals surface area contributed by atoms with E-state index in [0.717, 1.165) is 16.5 Å². The molecule has 37 heavy (non-hydrogen) atoms. The lowest BCUT2D eigenvalue weighted by Crippen LogP contribution is -2.41. The van der Waals surface area contributed by atoms with Crippen LogP contribution in [0.25, 0.3) is 22.2 Å². The zero-order valence-corrected chi connectivity index (χ0v) is 23.5. The van der Waals surface area contributed by atoms with Crippen molar-refractivity contribution in [2.75, 3.05) is 0 Å². The maximum atomic E-state index is 15.9. The van der Waals surface area contributed by atoms with Crippen LogP contribution in [0.2, 0.25) is 19.6 Å². The lowest BCUT2D eigenvalue weighted by molar-refractivity contribution is 0.459. The molecule has 2 atom stereocenters. The summed E-state index contributed by atoms with van der Waals surface area (Å²) in [5.74, 6) is -0.668. The molecule has 0 aliphatic heterocycles. The fourth-order valence-electron chi connectivity index (χ4n) is 4.67. The Labute approximate surface area is 220 Å². The monoisotopic (exact) mass is 534 g/mol. The van der Waals surface area contributed by atoms with Crippen LogP contribution in [0.15, 0.2) is 59.1 Å². The topological polar surface area (TPSA) is 106 Å². The molecule has 0 aliphatic carbocycles. The summed E-state index contributed by atoms with van der Waals surface area (Å²) in [5, 5.41) is 21.3. The molecule has 9 heteroatoms. The van der Waals surface area contributed by atoms with Crippen LogP contribution in [0.4, 0.5) is 4.39 Å². The number of benzene rings is 2. The van der Waals surface area contributed by atoms with Crippen LogP contribution in [0.5, 0.6) is 0 Å². The van der Waals surface area contributed by atoms with E-state index in [2.05, 4.69) is 16.2 Å². The molecule has 2 N–H and O–H groups in total. The fraction of sp³-hybridized carbons (Fsp3) is 0.321. The van der Waals surface area contributed by atoms with E-state index in [1.807, 2.05) is 82.0 Å². The summed E-state index contributed by atoms with van der Waals surface area (Å²) in [6.45, 7) is 9.80. The summed E-state index contributed by atoms with van der Waals surface area (Å²) in [6, 6.07) is 19.1. The average Bonchev–Trinajstić information content (AvgIpc) is 3.28. The number of aromatic nitrogens is 2. The van der Waals surface area contributed by atoms with Gasteiger partial charge in [-0.25, -0.2) is 13.6 Å². The molecule has 1 unspecified atom stereocenters. The van der Waals surface area contributed by atoms with Crippen LogP contribution in [0, 0.1) is 17.1 Å². The van der Waals surface area contributed by atoms with Crippen molar-refractivity contribution in [2.24, 2.45) is 5.14 Å². The van der Waals surface area contributed by atoms with Gasteiger partial charge in [0.25, 0.3) is 0 Å². The maximum Gasteiger partial charge on any atom is 0.167 e. The summed E-state index contributed by atoms with van der Waals surface area (Å²) in [6.07, 6.45) is 0.620. The minimum Gasteiger partial charge on any atom is -0.356 e. The SMILES string of the molecule is CC(C)(C[C@H](Cc1nc(C#N)cc([Si](C)(C)C)c1F)c1ccccc1-c1noc2ccccc12)S(N)=O. The first-order chi connectivity index (χ1) is 17.4. The first-order valence-corrected chi connectivity index (χ1v) is 16.8. The van der Waals surface area contributed by atoms with Gasteiger partial charge in [0.2, 0.25) is 0 Å². The number of pyridine rings is 1. The van der Waals surface area contributed by atoms with Crippen LogP contribution in [-0.4, -0.2) is 27.2 Å². The Kier molecular flexibility index (Phi) is 7.47. The zero-order chi connectivity index (χ0) is 27.0. The number of hydrogen-bond donors (Lipinski definition) is 1. The summed E-state index contributed by atoms with van der Waals surface area (Å²) in [7, 11) is -3.71. The van der Waals surface area contributed by atoms with E-state index in [9.17, 15) is 9.47 Å². The van der Waals surface area contributed by atoms with Gasteiger partial charge in [0.05, 0.1) is 29.5 Å². The summed E-state index contributed by atoms with van der Waals surface area (Å²) >= 11 is 0. The first-order valence-electron chi connectivity index (χ1n) is 12.1. The van der Waals surface area contributed by atoms with Crippen molar-refractivity contribution in [3.63, 3.8) is 0 Å². The van der Waals surface area contributed by atoms with E-state index in [1.165, 1.54) is 0 Å². The molecule has 2 aromatic heterocycles. The second-order valence-electron chi connectivity index (χ2n) is 11.0. The van der Waals surface area contributed by atoms with E-state index < -0.39 is 23.8 Å². The van der Waals surface area contributed by atoms with Crippen molar-refractivity contribution in [3.05, 3.63) is 77.4 Å².